The number of ketones is 1. The SMILES string of the molecule is CC(=O)[C@](C)(C#N)c1ccccc1. The fraction of sp³-hybridized carbons (Fsp3) is 0.273. The van der Waals surface area contributed by atoms with Gasteiger partial charge in [0, 0.05) is 0 Å². The summed E-state index contributed by atoms with van der Waals surface area (Å²) in [6.07, 6.45) is 0. The van der Waals surface area contributed by atoms with Gasteiger partial charge < -0.3 is 0 Å². The van der Waals surface area contributed by atoms with Crippen molar-refractivity contribution in [3.63, 3.8) is 0 Å². The normalized spacial score (nSPS) is 14.2. The predicted molar refractivity (Wildman–Crippen MR) is 50.1 cm³/mol. The summed E-state index contributed by atoms with van der Waals surface area (Å²) in [5.41, 5.74) is -0.244. The summed E-state index contributed by atoms with van der Waals surface area (Å²) in [6.45, 7) is 3.08. The van der Waals surface area contributed by atoms with E-state index in [-0.39, 0.29) is 5.78 Å². The molecule has 0 N–H and O–H groups in total. The highest BCUT2D eigenvalue weighted by atomic mass is 16.1. The summed E-state index contributed by atoms with van der Waals surface area (Å²) in [6, 6.07) is 11.2. The van der Waals surface area contributed by atoms with Gasteiger partial charge in [0.15, 0.2) is 5.78 Å². The first kappa shape index (κ1) is 9.47. The average molecular weight is 173 g/mol. The Hall–Kier alpha value is -1.62. The molecule has 2 nitrogen and oxygen atoms in total. The van der Waals surface area contributed by atoms with Crippen LogP contribution in [0.3, 0.4) is 0 Å². The van der Waals surface area contributed by atoms with Crippen molar-refractivity contribution in [1.82, 2.24) is 0 Å². The van der Waals surface area contributed by atoms with Crippen molar-refractivity contribution >= 4 is 5.78 Å². The van der Waals surface area contributed by atoms with Crippen LogP contribution >= 0.6 is 0 Å². The maximum atomic E-state index is 11.3. The lowest BCUT2D eigenvalue weighted by Crippen LogP contribution is -2.28. The first-order valence-electron chi connectivity index (χ1n) is 4.09. The smallest absolute Gasteiger partial charge is 0.154 e. The standard InChI is InChI=1S/C11H11NO/c1-9(13)11(2,8-12)10-6-4-3-5-7-10/h3-7H,1-2H3/t11-/m0/s1. The van der Waals surface area contributed by atoms with Crippen LogP contribution < -0.4 is 0 Å². The van der Waals surface area contributed by atoms with Gasteiger partial charge in [-0.2, -0.15) is 5.26 Å². The third-order valence-corrected chi connectivity index (χ3v) is 2.28. The Balaban J connectivity index is 3.21. The average Bonchev–Trinajstić information content (AvgIpc) is 2.17. The fourth-order valence-electron chi connectivity index (χ4n) is 1.12. The van der Waals surface area contributed by atoms with Gasteiger partial charge >= 0.3 is 0 Å². The highest BCUT2D eigenvalue weighted by molar-refractivity contribution is 5.90. The number of benzene rings is 1. The van der Waals surface area contributed by atoms with E-state index in [4.69, 9.17) is 5.26 Å². The van der Waals surface area contributed by atoms with Gasteiger partial charge in [-0.15, -0.1) is 0 Å². The molecule has 0 radical (unpaired) electrons. The van der Waals surface area contributed by atoms with Crippen LogP contribution in [-0.2, 0) is 10.2 Å². The maximum absolute atomic E-state index is 11.3. The molecule has 0 heterocycles. The Kier molecular flexibility index (Phi) is 2.48. The van der Waals surface area contributed by atoms with E-state index >= 15 is 0 Å². The third kappa shape index (κ3) is 1.59. The molecule has 1 aromatic carbocycles. The first-order valence-corrected chi connectivity index (χ1v) is 4.09. The minimum Gasteiger partial charge on any atom is -0.298 e. The van der Waals surface area contributed by atoms with Crippen LogP contribution in [0, 0.1) is 11.3 Å². The molecule has 1 rings (SSSR count). The Morgan fingerprint density at radius 2 is 1.92 bits per heavy atom. The molecule has 0 fully saturated rings. The largest absolute Gasteiger partial charge is 0.298 e. The monoisotopic (exact) mass is 173 g/mol. The number of hydrogen-bond donors (Lipinski definition) is 0. The summed E-state index contributed by atoms with van der Waals surface area (Å²) in [4.78, 5) is 11.3. The molecule has 0 spiro atoms. The number of rotatable bonds is 2. The number of carbonyl (C=O) groups excluding carboxylic acids is 1. The van der Waals surface area contributed by atoms with Gasteiger partial charge in [0.25, 0.3) is 0 Å². The second-order valence-electron chi connectivity index (χ2n) is 3.16. The van der Waals surface area contributed by atoms with Crippen LogP contribution in [0.25, 0.3) is 0 Å². The van der Waals surface area contributed by atoms with Crippen LogP contribution in [0.4, 0.5) is 0 Å². The van der Waals surface area contributed by atoms with E-state index in [1.165, 1.54) is 6.92 Å². The minimum absolute atomic E-state index is 0.124. The van der Waals surface area contributed by atoms with Gasteiger partial charge in [0.1, 0.15) is 5.41 Å². The van der Waals surface area contributed by atoms with Crippen molar-refractivity contribution in [3.8, 4) is 6.07 Å². The zero-order valence-electron chi connectivity index (χ0n) is 7.74. The van der Waals surface area contributed by atoms with E-state index in [0.717, 1.165) is 5.56 Å². The predicted octanol–water partition coefficient (Wildman–Crippen LogP) is 2.06. The molecular weight excluding hydrogens is 162 g/mol. The highest BCUT2D eigenvalue weighted by Crippen LogP contribution is 2.23. The Morgan fingerprint density at radius 3 is 2.31 bits per heavy atom. The van der Waals surface area contributed by atoms with Crippen molar-refractivity contribution in [2.24, 2.45) is 0 Å². The molecule has 66 valence electrons. The number of Topliss-reactive ketones (excluding diaryl/α,β-unsaturated/α-hetero) is 1. The van der Waals surface area contributed by atoms with Crippen molar-refractivity contribution in [2.45, 2.75) is 19.3 Å². The zero-order chi connectivity index (χ0) is 9.90. The van der Waals surface area contributed by atoms with Crippen molar-refractivity contribution in [2.75, 3.05) is 0 Å². The Morgan fingerprint density at radius 1 is 1.38 bits per heavy atom. The van der Waals surface area contributed by atoms with E-state index in [0.29, 0.717) is 0 Å². The van der Waals surface area contributed by atoms with Gasteiger partial charge in [0.05, 0.1) is 6.07 Å². The highest BCUT2D eigenvalue weighted by Gasteiger charge is 2.31. The Bertz CT molecular complexity index is 350. The lowest BCUT2D eigenvalue weighted by Gasteiger charge is -2.17. The molecule has 0 bridgehead atoms. The van der Waals surface area contributed by atoms with E-state index in [9.17, 15) is 4.79 Å². The molecule has 0 aliphatic heterocycles. The maximum Gasteiger partial charge on any atom is 0.154 e. The number of nitrogens with zero attached hydrogens (tertiary/aromatic N) is 1. The molecule has 0 saturated heterocycles. The summed E-state index contributed by atoms with van der Waals surface area (Å²) in [7, 11) is 0. The number of carbonyl (C=O) groups is 1. The second-order valence-corrected chi connectivity index (χ2v) is 3.16. The quantitative estimate of drug-likeness (QED) is 0.686. The zero-order valence-corrected chi connectivity index (χ0v) is 7.74. The molecule has 0 aliphatic carbocycles. The molecule has 0 aromatic heterocycles. The minimum atomic E-state index is -0.999. The van der Waals surface area contributed by atoms with Crippen molar-refractivity contribution in [3.05, 3.63) is 35.9 Å². The topological polar surface area (TPSA) is 40.9 Å². The molecule has 2 heteroatoms. The fourth-order valence-corrected chi connectivity index (χ4v) is 1.12. The molecule has 1 atom stereocenters. The van der Waals surface area contributed by atoms with Gasteiger partial charge in [-0.05, 0) is 19.4 Å². The molecule has 13 heavy (non-hydrogen) atoms. The summed E-state index contributed by atoms with van der Waals surface area (Å²) < 4.78 is 0. The third-order valence-electron chi connectivity index (χ3n) is 2.28. The molecular formula is C11H11NO. The van der Waals surface area contributed by atoms with Gasteiger partial charge in [-0.25, -0.2) is 0 Å². The van der Waals surface area contributed by atoms with Crippen LogP contribution in [0.5, 0.6) is 0 Å². The number of nitriles is 1. The van der Waals surface area contributed by atoms with E-state index in [2.05, 4.69) is 0 Å². The summed E-state index contributed by atoms with van der Waals surface area (Å²) in [5, 5.41) is 8.94. The van der Waals surface area contributed by atoms with Gasteiger partial charge in [-0.3, -0.25) is 4.79 Å². The lowest BCUT2D eigenvalue weighted by atomic mass is 9.81. The number of hydrogen-bond acceptors (Lipinski definition) is 2. The van der Waals surface area contributed by atoms with E-state index in [1.54, 1.807) is 19.1 Å². The van der Waals surface area contributed by atoms with Crippen molar-refractivity contribution in [1.29, 1.82) is 5.26 Å². The molecule has 0 unspecified atom stereocenters. The van der Waals surface area contributed by atoms with Crippen molar-refractivity contribution < 1.29 is 4.79 Å². The van der Waals surface area contributed by atoms with E-state index in [1.807, 2.05) is 24.3 Å². The van der Waals surface area contributed by atoms with Crippen LogP contribution in [0.15, 0.2) is 30.3 Å². The summed E-state index contributed by atoms with van der Waals surface area (Å²) >= 11 is 0. The van der Waals surface area contributed by atoms with E-state index < -0.39 is 5.41 Å². The second kappa shape index (κ2) is 3.40. The van der Waals surface area contributed by atoms with Crippen LogP contribution in [0.2, 0.25) is 0 Å². The van der Waals surface area contributed by atoms with Crippen LogP contribution in [-0.4, -0.2) is 5.78 Å². The molecule has 0 saturated carbocycles. The molecule has 0 amide bonds. The lowest BCUT2D eigenvalue weighted by molar-refractivity contribution is -0.120. The summed E-state index contributed by atoms with van der Waals surface area (Å²) in [5.74, 6) is -0.124. The van der Waals surface area contributed by atoms with Gasteiger partial charge in [-0.1, -0.05) is 30.3 Å². The first-order chi connectivity index (χ1) is 6.11. The molecule has 0 aliphatic rings. The van der Waals surface area contributed by atoms with Crippen LogP contribution in [0.1, 0.15) is 19.4 Å². The van der Waals surface area contributed by atoms with Gasteiger partial charge in [0.2, 0.25) is 0 Å². The Labute approximate surface area is 77.8 Å². The molecule has 1 aromatic rings.